The molecule has 10 aromatic carbocycles. The first-order chi connectivity index (χ1) is 37.5. The van der Waals surface area contributed by atoms with Gasteiger partial charge in [-0.1, -0.05) is 125 Å². The smallest absolute Gasteiger partial charge is 0.189 e. The summed E-state index contributed by atoms with van der Waals surface area (Å²) in [6, 6.07) is 67.7. The van der Waals surface area contributed by atoms with Crippen LogP contribution in [0.1, 0.15) is 61.1 Å². The largest absolute Gasteiger partial charge is 0.456 e. The highest BCUT2D eigenvalue weighted by atomic mass is 16.3. The standard InChI is InChI=1S/C70H42N6O/c1-69(2)57-19-11-7-15-45(57)51-33-53-47-17-9-13-21-61(47)75(63(53)35-59(51)69)67-41(37-71)27-43(73-5)31-49(67)39-23-25-65-55(29-39)56-30-40(24-26-66(56)77-65)50-32-44(74-6)28-42(38-72)68(50)76-62-22-14-10-18-48(62)54-34-52-46-16-8-12-20-58(46)70(3,4)60(52)36-64(54)76/h7-36H,1-4H3. The zero-order valence-corrected chi connectivity index (χ0v) is 42.4. The van der Waals surface area contributed by atoms with E-state index in [1.54, 1.807) is 12.1 Å². The van der Waals surface area contributed by atoms with Crippen LogP contribution in [0.25, 0.3) is 131 Å². The molecule has 3 aromatic heterocycles. The van der Waals surface area contributed by atoms with Gasteiger partial charge in [0.25, 0.3) is 0 Å². The van der Waals surface area contributed by atoms with Gasteiger partial charge in [0.05, 0.1) is 57.7 Å². The summed E-state index contributed by atoms with van der Waals surface area (Å²) in [6.45, 7) is 25.6. The van der Waals surface area contributed by atoms with Gasteiger partial charge in [0.2, 0.25) is 0 Å². The Labute approximate surface area is 443 Å². The lowest BCUT2D eigenvalue weighted by atomic mass is 9.82. The number of hydrogen-bond donors (Lipinski definition) is 0. The first-order valence-corrected chi connectivity index (χ1v) is 25.7. The molecule has 0 saturated carbocycles. The van der Waals surface area contributed by atoms with E-state index in [0.29, 0.717) is 45.0 Å². The molecule has 0 aliphatic heterocycles. The fourth-order valence-electron chi connectivity index (χ4n) is 13.4. The van der Waals surface area contributed by atoms with E-state index in [1.807, 2.05) is 48.5 Å². The van der Waals surface area contributed by atoms with Crippen molar-refractivity contribution < 1.29 is 4.42 Å². The maximum atomic E-state index is 11.1. The lowest BCUT2D eigenvalue weighted by Gasteiger charge is -2.22. The van der Waals surface area contributed by atoms with E-state index in [0.717, 1.165) is 76.6 Å². The average Bonchev–Trinajstić information content (AvgIpc) is 4.43. The Kier molecular flexibility index (Phi) is 8.90. The van der Waals surface area contributed by atoms with Gasteiger partial charge in [-0.25, -0.2) is 9.69 Å². The van der Waals surface area contributed by atoms with Crippen LogP contribution in [-0.2, 0) is 10.8 Å². The topological polar surface area (TPSA) is 79.3 Å². The normalized spacial score (nSPS) is 13.6. The molecule has 0 bridgehead atoms. The Morgan fingerprint density at radius 3 is 1.23 bits per heavy atom. The van der Waals surface area contributed by atoms with Crippen LogP contribution in [0.15, 0.2) is 186 Å². The minimum absolute atomic E-state index is 0.259. The summed E-state index contributed by atoms with van der Waals surface area (Å²) in [7, 11) is 0. The van der Waals surface area contributed by atoms with Crippen LogP contribution >= 0.6 is 0 Å². The average molecular weight is 983 g/mol. The molecule has 0 unspecified atom stereocenters. The second-order valence-electron chi connectivity index (χ2n) is 21.6. The Morgan fingerprint density at radius 2 is 0.805 bits per heavy atom. The van der Waals surface area contributed by atoms with Gasteiger partial charge in [-0.3, -0.25) is 0 Å². The van der Waals surface area contributed by atoms with E-state index in [-0.39, 0.29) is 10.8 Å². The molecule has 13 aromatic rings. The second kappa shape index (κ2) is 15.6. The van der Waals surface area contributed by atoms with Crippen LogP contribution in [0, 0.1) is 35.8 Å². The maximum Gasteiger partial charge on any atom is 0.189 e. The van der Waals surface area contributed by atoms with Gasteiger partial charge in [-0.15, -0.1) is 0 Å². The molecular formula is C70H42N6O. The van der Waals surface area contributed by atoms with Gasteiger partial charge in [-0.05, 0) is 152 Å². The number of nitriles is 2. The lowest BCUT2D eigenvalue weighted by Crippen LogP contribution is -2.15. The van der Waals surface area contributed by atoms with Gasteiger partial charge >= 0.3 is 0 Å². The Hall–Kier alpha value is -10.4. The molecule has 15 rings (SSSR count). The second-order valence-corrected chi connectivity index (χ2v) is 21.6. The van der Waals surface area contributed by atoms with Crippen LogP contribution in [0.4, 0.5) is 11.4 Å². The Balaban J connectivity index is 0.956. The highest BCUT2D eigenvalue weighted by molar-refractivity contribution is 6.15. The molecular weight excluding hydrogens is 941 g/mol. The minimum Gasteiger partial charge on any atom is -0.456 e. The molecule has 0 fully saturated rings. The molecule has 2 aliphatic carbocycles. The van der Waals surface area contributed by atoms with E-state index >= 15 is 0 Å². The summed E-state index contributed by atoms with van der Waals surface area (Å²) in [6.07, 6.45) is 0. The third-order valence-corrected chi connectivity index (χ3v) is 17.0. The SMILES string of the molecule is [C-]#[N+]c1cc(C#N)c(-n2c3ccccc3c3cc4c(cc32)C(C)(C)c2ccccc2-4)c(-c2ccc3oc4ccc(-c5cc([N+]#[C-])cc(C#N)c5-n5c6ccccc6c6cc7c(cc65)C(C)(C)c5ccccc5-7)cc4c3c2)c1. The minimum atomic E-state index is -0.259. The van der Waals surface area contributed by atoms with Gasteiger partial charge in [0, 0.05) is 43.1 Å². The molecule has 0 amide bonds. The molecule has 3 heterocycles. The summed E-state index contributed by atoms with van der Waals surface area (Å²) in [4.78, 5) is 7.81. The number of para-hydroxylation sites is 2. The fourth-order valence-corrected chi connectivity index (χ4v) is 13.4. The van der Waals surface area contributed by atoms with Gasteiger partial charge in [0.1, 0.15) is 23.3 Å². The van der Waals surface area contributed by atoms with E-state index in [9.17, 15) is 10.5 Å². The maximum absolute atomic E-state index is 11.1. The quantitative estimate of drug-likeness (QED) is 0.165. The van der Waals surface area contributed by atoms with Crippen LogP contribution in [-0.4, -0.2) is 9.13 Å². The summed E-state index contributed by atoms with van der Waals surface area (Å²) in [5.74, 6) is 0. The van der Waals surface area contributed by atoms with Crippen LogP contribution in [0.5, 0.6) is 0 Å². The predicted octanol–water partition coefficient (Wildman–Crippen LogP) is 18.6. The third-order valence-electron chi connectivity index (χ3n) is 17.0. The van der Waals surface area contributed by atoms with Gasteiger partial charge in [-0.2, -0.15) is 10.5 Å². The molecule has 358 valence electrons. The van der Waals surface area contributed by atoms with Crippen molar-refractivity contribution in [2.24, 2.45) is 0 Å². The number of aromatic nitrogens is 2. The molecule has 0 N–H and O–H groups in total. The number of hydrogen-bond acceptors (Lipinski definition) is 3. The van der Waals surface area contributed by atoms with Crippen molar-refractivity contribution in [3.63, 3.8) is 0 Å². The number of furan rings is 1. The number of nitrogens with zero attached hydrogens (tertiary/aromatic N) is 6. The van der Waals surface area contributed by atoms with Crippen LogP contribution < -0.4 is 0 Å². The number of rotatable bonds is 4. The number of fused-ring (bicyclic) bond motifs is 15. The Morgan fingerprint density at radius 1 is 0.390 bits per heavy atom. The zero-order valence-electron chi connectivity index (χ0n) is 42.4. The Bertz CT molecular complexity index is 4730. The molecule has 2 aliphatic rings. The van der Waals surface area contributed by atoms with Crippen molar-refractivity contribution in [3.05, 3.63) is 238 Å². The number of benzene rings is 10. The molecule has 7 heteroatoms. The van der Waals surface area contributed by atoms with Crippen LogP contribution in [0.3, 0.4) is 0 Å². The summed E-state index contributed by atoms with van der Waals surface area (Å²) < 4.78 is 11.1. The van der Waals surface area contributed by atoms with Crippen molar-refractivity contribution >= 4 is 76.9 Å². The van der Waals surface area contributed by atoms with Gasteiger partial charge < -0.3 is 13.6 Å². The van der Waals surface area contributed by atoms with Crippen molar-refractivity contribution in [3.8, 4) is 68.0 Å². The molecule has 0 radical (unpaired) electrons. The summed E-state index contributed by atoms with van der Waals surface area (Å²) in [5, 5.41) is 28.2. The lowest BCUT2D eigenvalue weighted by molar-refractivity contribution is 0.661. The van der Waals surface area contributed by atoms with Crippen molar-refractivity contribution in [2.75, 3.05) is 0 Å². The van der Waals surface area contributed by atoms with Gasteiger partial charge in [0.15, 0.2) is 11.4 Å². The van der Waals surface area contributed by atoms with Crippen molar-refractivity contribution in [2.45, 2.75) is 38.5 Å². The van der Waals surface area contributed by atoms with E-state index in [2.05, 4.69) is 180 Å². The fraction of sp³-hybridized carbons (Fsp3) is 0.0857. The molecule has 7 nitrogen and oxygen atoms in total. The van der Waals surface area contributed by atoms with Crippen LogP contribution in [0.2, 0.25) is 0 Å². The summed E-state index contributed by atoms with van der Waals surface area (Å²) >= 11 is 0. The zero-order chi connectivity index (χ0) is 52.2. The third kappa shape index (κ3) is 5.92. The first-order valence-electron chi connectivity index (χ1n) is 25.7. The molecule has 0 saturated heterocycles. The molecule has 77 heavy (non-hydrogen) atoms. The molecule has 0 spiro atoms. The van der Waals surface area contributed by atoms with E-state index < -0.39 is 0 Å². The highest BCUT2D eigenvalue weighted by Gasteiger charge is 2.38. The monoisotopic (exact) mass is 982 g/mol. The molecule has 0 atom stereocenters. The van der Waals surface area contributed by atoms with Crippen molar-refractivity contribution in [1.29, 1.82) is 10.5 Å². The highest BCUT2D eigenvalue weighted by Crippen LogP contribution is 2.54. The van der Waals surface area contributed by atoms with E-state index in [4.69, 9.17) is 17.6 Å². The van der Waals surface area contributed by atoms with Crippen molar-refractivity contribution in [1.82, 2.24) is 9.13 Å². The first kappa shape index (κ1) is 44.1. The van der Waals surface area contributed by atoms with E-state index in [1.165, 1.54) is 44.5 Å². The summed E-state index contributed by atoms with van der Waals surface area (Å²) in [5.41, 5.74) is 20.6. The predicted molar refractivity (Wildman–Crippen MR) is 310 cm³/mol.